The Morgan fingerprint density at radius 2 is 1.67 bits per heavy atom. The van der Waals surface area contributed by atoms with Crippen LogP contribution in [0.5, 0.6) is 0 Å². The Balaban J connectivity index is 1.55. The van der Waals surface area contributed by atoms with E-state index in [2.05, 4.69) is 83.9 Å². The highest BCUT2D eigenvalue weighted by Crippen LogP contribution is 2.43. The molecule has 242 valence electrons. The molecule has 1 amide bonds. The Bertz CT molecular complexity index is 1570. The zero-order valence-electron chi connectivity index (χ0n) is 28.2. The molecule has 1 aliphatic carbocycles. The van der Waals surface area contributed by atoms with Crippen molar-refractivity contribution >= 4 is 19.9 Å². The second-order valence-electron chi connectivity index (χ2n) is 14.4. The summed E-state index contributed by atoms with van der Waals surface area (Å²) >= 11 is 0. The van der Waals surface area contributed by atoms with Gasteiger partial charge in [-0.25, -0.2) is 9.50 Å². The van der Waals surface area contributed by atoms with Gasteiger partial charge in [-0.2, -0.15) is 5.26 Å². The van der Waals surface area contributed by atoms with Crippen molar-refractivity contribution in [2.45, 2.75) is 115 Å². The largest absolute Gasteiger partial charge is 0.415 e. The molecule has 0 spiro atoms. The molecule has 1 saturated heterocycles. The van der Waals surface area contributed by atoms with Crippen molar-refractivity contribution in [3.63, 3.8) is 0 Å². The van der Waals surface area contributed by atoms with Gasteiger partial charge in [-0.05, 0) is 47.4 Å². The number of hydrogen-bond acceptors (Lipinski definition) is 5. The lowest BCUT2D eigenvalue weighted by atomic mass is 9.84. The number of fused-ring (bicyclic) bond motifs is 1. The van der Waals surface area contributed by atoms with E-state index in [0.29, 0.717) is 71.3 Å². The molecule has 3 heterocycles. The third-order valence-corrected chi connectivity index (χ3v) is 16.7. The molecule has 1 N–H and O–H groups in total. The van der Waals surface area contributed by atoms with Gasteiger partial charge in [0.25, 0.3) is 11.5 Å². The second-order valence-corrected chi connectivity index (χ2v) is 19.9. The summed E-state index contributed by atoms with van der Waals surface area (Å²) in [5.41, 5.74) is 5.19. The van der Waals surface area contributed by atoms with Crippen LogP contribution in [0.25, 0.3) is 16.9 Å². The molecule has 1 aromatic carbocycles. The minimum absolute atomic E-state index is 0.180. The van der Waals surface area contributed by atoms with Crippen LogP contribution in [-0.2, 0) is 4.43 Å². The summed E-state index contributed by atoms with van der Waals surface area (Å²) < 4.78 is 8.36. The fourth-order valence-corrected chi connectivity index (χ4v) is 13.7. The van der Waals surface area contributed by atoms with Crippen molar-refractivity contribution in [2.24, 2.45) is 5.92 Å². The van der Waals surface area contributed by atoms with Crippen LogP contribution in [0, 0.1) is 17.2 Å². The molecule has 5 rings (SSSR count). The normalized spacial score (nSPS) is 18.8. The first-order valence-corrected chi connectivity index (χ1v) is 19.2. The molecule has 8 nitrogen and oxygen atoms in total. The van der Waals surface area contributed by atoms with Crippen LogP contribution >= 0.6 is 0 Å². The van der Waals surface area contributed by atoms with Crippen LogP contribution in [0.4, 0.5) is 0 Å². The lowest BCUT2D eigenvalue weighted by Crippen LogP contribution is -2.48. The van der Waals surface area contributed by atoms with Crippen molar-refractivity contribution in [2.75, 3.05) is 19.7 Å². The molecule has 45 heavy (non-hydrogen) atoms. The predicted molar refractivity (Wildman–Crippen MR) is 182 cm³/mol. The van der Waals surface area contributed by atoms with Crippen molar-refractivity contribution < 1.29 is 9.22 Å². The Labute approximate surface area is 269 Å². The van der Waals surface area contributed by atoms with E-state index >= 15 is 0 Å². The number of nitriles is 1. The summed E-state index contributed by atoms with van der Waals surface area (Å²) in [6.07, 6.45) is 6.97. The monoisotopic (exact) mass is 629 g/mol. The van der Waals surface area contributed by atoms with Gasteiger partial charge < -0.3 is 9.33 Å². The second kappa shape index (κ2) is 13.6. The van der Waals surface area contributed by atoms with Gasteiger partial charge in [-0.1, -0.05) is 92.0 Å². The molecule has 2 atom stereocenters. The molecular weight excluding hydrogens is 579 g/mol. The van der Waals surface area contributed by atoms with Crippen molar-refractivity contribution in [1.29, 1.82) is 5.26 Å². The summed E-state index contributed by atoms with van der Waals surface area (Å²) in [5, 5.41) is 12.8. The van der Waals surface area contributed by atoms with Crippen LogP contribution < -0.4 is 5.56 Å². The number of carbonyl (C=O) groups is 1. The smallest absolute Gasteiger partial charge is 0.273 e. The molecule has 1 aliphatic heterocycles. The van der Waals surface area contributed by atoms with Gasteiger partial charge in [-0.3, -0.25) is 14.7 Å². The number of nitrogens with zero attached hydrogens (tertiary/aromatic N) is 4. The van der Waals surface area contributed by atoms with E-state index in [4.69, 9.17) is 9.41 Å². The maximum absolute atomic E-state index is 14.2. The minimum Gasteiger partial charge on any atom is -0.415 e. The summed E-state index contributed by atoms with van der Waals surface area (Å²) in [6, 6.07) is 12.3. The molecule has 3 aromatic rings. The van der Waals surface area contributed by atoms with Gasteiger partial charge in [-0.15, -0.1) is 0 Å². The fraction of sp³-hybridized carbons (Fsp3) is 0.611. The summed E-state index contributed by atoms with van der Waals surface area (Å²) in [7, 11) is -2.16. The number of likely N-dealkylation sites (tertiary alicyclic amines) is 1. The van der Waals surface area contributed by atoms with Gasteiger partial charge in [0.1, 0.15) is 5.56 Å². The number of carbonyl (C=O) groups excluding carboxylic acids is 1. The molecule has 1 saturated carbocycles. The average molecular weight is 630 g/mol. The Kier molecular flexibility index (Phi) is 10.0. The summed E-state index contributed by atoms with van der Waals surface area (Å²) in [4.78, 5) is 34.5. The Morgan fingerprint density at radius 3 is 2.24 bits per heavy atom. The summed E-state index contributed by atoms with van der Waals surface area (Å²) in [6.45, 7) is 17.0. The van der Waals surface area contributed by atoms with E-state index in [9.17, 15) is 14.9 Å². The number of nitrogens with one attached hydrogen (secondary N) is 1. The lowest BCUT2D eigenvalue weighted by molar-refractivity contribution is 0.0789. The first-order chi connectivity index (χ1) is 21.5. The molecule has 0 bridgehead atoms. The molecular formula is C36H51N5O3Si. The SMILES string of the molecule is CC(CO[Si](C(C)C)(C(C)C)C(C)C)c1[nH]n2c(=O)cc(-c3ccc(C4CCCCC4)cc3)nc2c1C(=O)N1CCC(C#N)C1. The molecule has 2 unspecified atom stereocenters. The minimum atomic E-state index is -2.16. The van der Waals surface area contributed by atoms with Crippen molar-refractivity contribution in [3.05, 3.63) is 57.5 Å². The number of H-pyrrole nitrogens is 1. The quantitative estimate of drug-likeness (QED) is 0.229. The Morgan fingerprint density at radius 1 is 1.02 bits per heavy atom. The number of rotatable bonds is 10. The third-order valence-electron chi connectivity index (χ3n) is 10.6. The number of aromatic nitrogens is 3. The van der Waals surface area contributed by atoms with E-state index in [0.717, 1.165) is 5.56 Å². The predicted octanol–water partition coefficient (Wildman–Crippen LogP) is 8.02. The number of aromatic amines is 1. The van der Waals surface area contributed by atoms with E-state index < -0.39 is 8.32 Å². The molecule has 9 heteroatoms. The fourth-order valence-electron chi connectivity index (χ4n) is 8.19. The first kappa shape index (κ1) is 33.1. The molecule has 2 aliphatic rings. The zero-order chi connectivity index (χ0) is 32.5. The Hall–Kier alpha value is -3.22. The van der Waals surface area contributed by atoms with E-state index in [1.54, 1.807) is 11.0 Å². The van der Waals surface area contributed by atoms with Gasteiger partial charge >= 0.3 is 0 Å². The molecule has 2 aromatic heterocycles. The van der Waals surface area contributed by atoms with Crippen LogP contribution in [0.1, 0.15) is 120 Å². The lowest BCUT2D eigenvalue weighted by Gasteiger charge is -2.42. The molecule has 0 radical (unpaired) electrons. The van der Waals surface area contributed by atoms with Gasteiger partial charge in [0.05, 0.1) is 23.4 Å². The maximum atomic E-state index is 14.2. The van der Waals surface area contributed by atoms with E-state index in [1.807, 2.05) is 0 Å². The van der Waals surface area contributed by atoms with Gasteiger partial charge in [0.2, 0.25) is 0 Å². The zero-order valence-corrected chi connectivity index (χ0v) is 29.2. The van der Waals surface area contributed by atoms with E-state index in [1.165, 1.54) is 42.2 Å². The highest BCUT2D eigenvalue weighted by atomic mass is 28.4. The van der Waals surface area contributed by atoms with Crippen molar-refractivity contribution in [3.8, 4) is 17.3 Å². The summed E-state index contributed by atoms with van der Waals surface area (Å²) in [5.74, 6) is 0.0357. The number of benzene rings is 1. The first-order valence-electron chi connectivity index (χ1n) is 17.1. The van der Waals surface area contributed by atoms with Crippen LogP contribution in [0.3, 0.4) is 0 Å². The van der Waals surface area contributed by atoms with E-state index in [-0.39, 0.29) is 23.3 Å². The third kappa shape index (κ3) is 6.41. The van der Waals surface area contributed by atoms with Gasteiger partial charge in [0.15, 0.2) is 14.0 Å². The van der Waals surface area contributed by atoms with Crippen LogP contribution in [0.15, 0.2) is 35.1 Å². The molecule has 2 fully saturated rings. The number of hydrogen-bond donors (Lipinski definition) is 1. The maximum Gasteiger partial charge on any atom is 0.273 e. The van der Waals surface area contributed by atoms with Crippen molar-refractivity contribution in [1.82, 2.24) is 19.5 Å². The average Bonchev–Trinajstić information content (AvgIpc) is 3.67. The topological polar surface area (TPSA) is 103 Å². The van der Waals surface area contributed by atoms with Crippen LogP contribution in [-0.4, -0.2) is 53.4 Å². The standard InChI is InChI=1S/C36H51N5O3Si/c1-23(2)45(24(3)4,25(5)6)44-22-26(7)34-33(36(43)40-18-17-27(20-37)21-40)35-38-31(19-32(42)41(35)39-34)30-15-13-29(14-16-30)28-11-9-8-10-12-28/h13-16,19,23-28,39H,8-12,17-18,21-22H2,1-7H3. The van der Waals surface area contributed by atoms with Gasteiger partial charge in [0, 0.05) is 37.2 Å². The highest BCUT2D eigenvalue weighted by molar-refractivity contribution is 6.77. The highest BCUT2D eigenvalue weighted by Gasteiger charge is 2.45. The number of amides is 1. The van der Waals surface area contributed by atoms with Crippen LogP contribution in [0.2, 0.25) is 16.6 Å².